The lowest BCUT2D eigenvalue weighted by atomic mass is 9.96. The summed E-state index contributed by atoms with van der Waals surface area (Å²) in [5.74, 6) is 0.457. The molecule has 0 aliphatic rings. The largest absolute Gasteiger partial charge is 0.491 e. The summed E-state index contributed by atoms with van der Waals surface area (Å²) in [5.41, 5.74) is 0.460. The summed E-state index contributed by atoms with van der Waals surface area (Å²) >= 11 is 0. The predicted molar refractivity (Wildman–Crippen MR) is 108 cm³/mol. The Morgan fingerprint density at radius 3 is 2.61 bits per heavy atom. The molecule has 0 radical (unpaired) electrons. The van der Waals surface area contributed by atoms with Gasteiger partial charge in [0.05, 0.1) is 35.9 Å². The Morgan fingerprint density at radius 1 is 1.32 bits per heavy atom. The maximum Gasteiger partial charge on any atom is 0.404 e. The number of aromatic nitrogens is 1. The molecule has 1 heterocycles. The molecule has 2 rings (SSSR count). The Labute approximate surface area is 164 Å². The topological polar surface area (TPSA) is 104 Å². The lowest BCUT2D eigenvalue weighted by molar-refractivity contribution is 0.193. The highest BCUT2D eigenvalue weighted by Crippen LogP contribution is 2.31. The van der Waals surface area contributed by atoms with Crippen molar-refractivity contribution in [2.24, 2.45) is 5.41 Å². The molecule has 0 atom stereocenters. The summed E-state index contributed by atoms with van der Waals surface area (Å²) in [4.78, 5) is 24.3. The number of ether oxygens (including phenoxy) is 1. The van der Waals surface area contributed by atoms with E-state index in [0.29, 0.717) is 40.9 Å². The molecule has 28 heavy (non-hydrogen) atoms. The number of unbranched alkanes of at least 4 members (excludes halogenated alkanes) is 1. The van der Waals surface area contributed by atoms with Crippen molar-refractivity contribution in [3.8, 4) is 11.8 Å². The fourth-order valence-electron chi connectivity index (χ4n) is 2.99. The maximum atomic E-state index is 13.2. The van der Waals surface area contributed by atoms with Gasteiger partial charge in [-0.2, -0.15) is 5.26 Å². The van der Waals surface area contributed by atoms with Gasteiger partial charge in [-0.05, 0) is 30.0 Å². The van der Waals surface area contributed by atoms with Crippen LogP contribution in [0.5, 0.6) is 5.75 Å². The average molecular weight is 385 g/mol. The van der Waals surface area contributed by atoms with Crippen LogP contribution in [0.2, 0.25) is 0 Å². The number of nitriles is 1. The minimum absolute atomic E-state index is 0.0607. The van der Waals surface area contributed by atoms with E-state index in [1.54, 1.807) is 22.8 Å². The van der Waals surface area contributed by atoms with Crippen LogP contribution in [0.4, 0.5) is 4.79 Å². The van der Waals surface area contributed by atoms with Crippen molar-refractivity contribution < 1.29 is 14.6 Å². The molecular weight excluding hydrogens is 358 g/mol. The lowest BCUT2D eigenvalue weighted by Gasteiger charge is -2.25. The second-order valence-electron chi connectivity index (χ2n) is 7.96. The van der Waals surface area contributed by atoms with Gasteiger partial charge < -0.3 is 19.7 Å². The number of carbonyl (C=O) groups is 1. The van der Waals surface area contributed by atoms with Crippen molar-refractivity contribution in [3.63, 3.8) is 0 Å². The molecule has 0 aliphatic heterocycles. The number of amides is 1. The van der Waals surface area contributed by atoms with Crippen molar-refractivity contribution in [1.29, 1.82) is 5.26 Å². The van der Waals surface area contributed by atoms with Crippen LogP contribution in [0.15, 0.2) is 23.0 Å². The molecule has 0 spiro atoms. The molecule has 1 aromatic heterocycles. The lowest BCUT2D eigenvalue weighted by Crippen LogP contribution is -2.33. The zero-order valence-electron chi connectivity index (χ0n) is 16.8. The highest BCUT2D eigenvalue weighted by molar-refractivity contribution is 5.89. The van der Waals surface area contributed by atoms with Crippen LogP contribution in [0.3, 0.4) is 0 Å². The van der Waals surface area contributed by atoms with E-state index in [1.807, 2.05) is 27.7 Å². The van der Waals surface area contributed by atoms with Gasteiger partial charge in [0.15, 0.2) is 0 Å². The van der Waals surface area contributed by atoms with Gasteiger partial charge in [-0.3, -0.25) is 4.79 Å². The first-order chi connectivity index (χ1) is 13.2. The molecule has 0 aliphatic carbocycles. The number of pyridine rings is 1. The predicted octanol–water partition coefficient (Wildman–Crippen LogP) is 3.87. The number of fused-ring (bicyclic) bond motifs is 1. The summed E-state index contributed by atoms with van der Waals surface area (Å²) in [6, 6.07) is 6.95. The molecule has 0 bridgehead atoms. The van der Waals surface area contributed by atoms with Gasteiger partial charge in [0.2, 0.25) is 0 Å². The molecule has 150 valence electrons. The SMILES string of the molecule is CCCCOc1c(CNC(=O)O)n(CC(C)(C)C)c(=O)c2ccc(C#N)cc12. The summed E-state index contributed by atoms with van der Waals surface area (Å²) in [7, 11) is 0. The van der Waals surface area contributed by atoms with Crippen molar-refractivity contribution in [2.45, 2.75) is 53.6 Å². The normalized spacial score (nSPS) is 11.2. The Kier molecular flexibility index (Phi) is 6.68. The van der Waals surface area contributed by atoms with Crippen molar-refractivity contribution >= 4 is 16.9 Å². The van der Waals surface area contributed by atoms with Gasteiger partial charge in [0.25, 0.3) is 5.56 Å². The fourth-order valence-corrected chi connectivity index (χ4v) is 2.99. The smallest absolute Gasteiger partial charge is 0.404 e. The first kappa shape index (κ1) is 21.3. The quantitative estimate of drug-likeness (QED) is 0.704. The third-order valence-corrected chi connectivity index (χ3v) is 4.24. The monoisotopic (exact) mass is 385 g/mol. The molecule has 0 saturated carbocycles. The first-order valence-electron chi connectivity index (χ1n) is 9.37. The standard InChI is InChI=1S/C21H27N3O4/c1-5-6-9-28-18-16-10-14(11-22)7-8-15(16)19(25)24(13-21(2,3)4)17(18)12-23-20(26)27/h7-8,10,23H,5-6,9,12-13H2,1-4H3,(H,26,27). The van der Waals surface area contributed by atoms with Gasteiger partial charge >= 0.3 is 6.09 Å². The number of nitrogens with one attached hydrogen (secondary N) is 1. The van der Waals surface area contributed by atoms with Crippen LogP contribution in [0.25, 0.3) is 10.8 Å². The van der Waals surface area contributed by atoms with Crippen LogP contribution < -0.4 is 15.6 Å². The molecule has 0 saturated heterocycles. The number of benzene rings is 1. The highest BCUT2D eigenvalue weighted by Gasteiger charge is 2.22. The summed E-state index contributed by atoms with van der Waals surface area (Å²) in [6.45, 7) is 8.85. The van der Waals surface area contributed by atoms with Gasteiger partial charge in [-0.25, -0.2) is 4.79 Å². The second-order valence-corrected chi connectivity index (χ2v) is 7.96. The van der Waals surface area contributed by atoms with Gasteiger partial charge in [0, 0.05) is 11.9 Å². The molecule has 0 fully saturated rings. The summed E-state index contributed by atoms with van der Waals surface area (Å²) in [5, 5.41) is 21.7. The Morgan fingerprint density at radius 2 is 2.04 bits per heavy atom. The van der Waals surface area contributed by atoms with Gasteiger partial charge in [-0.1, -0.05) is 34.1 Å². The van der Waals surface area contributed by atoms with Gasteiger partial charge in [-0.15, -0.1) is 0 Å². The molecule has 7 nitrogen and oxygen atoms in total. The minimum Gasteiger partial charge on any atom is -0.491 e. The molecule has 1 aromatic carbocycles. The van der Waals surface area contributed by atoms with Crippen LogP contribution >= 0.6 is 0 Å². The third-order valence-electron chi connectivity index (χ3n) is 4.24. The maximum absolute atomic E-state index is 13.2. The number of carboxylic acid groups (broad SMARTS) is 1. The van der Waals surface area contributed by atoms with E-state index in [1.165, 1.54) is 0 Å². The summed E-state index contributed by atoms with van der Waals surface area (Å²) < 4.78 is 7.62. The van der Waals surface area contributed by atoms with Crippen molar-refractivity contribution in [3.05, 3.63) is 39.8 Å². The number of hydrogen-bond acceptors (Lipinski definition) is 4. The van der Waals surface area contributed by atoms with E-state index < -0.39 is 6.09 Å². The second kappa shape index (κ2) is 8.79. The van der Waals surface area contributed by atoms with E-state index in [-0.39, 0.29) is 17.5 Å². The van der Waals surface area contributed by atoms with Crippen LogP contribution in [0, 0.1) is 16.7 Å². The van der Waals surface area contributed by atoms with E-state index in [2.05, 4.69) is 11.4 Å². The molecule has 2 N–H and O–H groups in total. The average Bonchev–Trinajstić information content (AvgIpc) is 2.62. The Balaban J connectivity index is 2.80. The third kappa shape index (κ3) is 5.03. The zero-order chi connectivity index (χ0) is 20.9. The fraction of sp³-hybridized carbons (Fsp3) is 0.476. The number of nitrogens with zero attached hydrogens (tertiary/aromatic N) is 2. The highest BCUT2D eigenvalue weighted by atomic mass is 16.5. The van der Waals surface area contributed by atoms with E-state index in [9.17, 15) is 14.9 Å². The van der Waals surface area contributed by atoms with E-state index >= 15 is 0 Å². The Hall–Kier alpha value is -3.01. The molecule has 7 heteroatoms. The van der Waals surface area contributed by atoms with E-state index in [0.717, 1.165) is 12.8 Å². The van der Waals surface area contributed by atoms with Crippen LogP contribution in [0.1, 0.15) is 51.8 Å². The molecule has 0 unspecified atom stereocenters. The number of hydrogen-bond donors (Lipinski definition) is 2. The molecule has 1 amide bonds. The van der Waals surface area contributed by atoms with Gasteiger partial charge in [0.1, 0.15) is 5.75 Å². The van der Waals surface area contributed by atoms with Crippen LogP contribution in [-0.2, 0) is 13.1 Å². The van der Waals surface area contributed by atoms with Crippen molar-refractivity contribution in [2.75, 3.05) is 6.61 Å². The summed E-state index contributed by atoms with van der Waals surface area (Å²) in [6.07, 6.45) is 0.579. The Bertz CT molecular complexity index is 965. The zero-order valence-corrected chi connectivity index (χ0v) is 16.8. The van der Waals surface area contributed by atoms with E-state index in [4.69, 9.17) is 9.84 Å². The van der Waals surface area contributed by atoms with Crippen molar-refractivity contribution in [1.82, 2.24) is 9.88 Å². The van der Waals surface area contributed by atoms with Crippen LogP contribution in [-0.4, -0.2) is 22.4 Å². The molecule has 2 aromatic rings. The molecular formula is C21H27N3O4. The number of rotatable bonds is 7. The minimum atomic E-state index is -1.18. The first-order valence-corrected chi connectivity index (χ1v) is 9.37.